The van der Waals surface area contributed by atoms with Crippen LogP contribution >= 0.6 is 11.6 Å². The maximum absolute atomic E-state index is 6.43. The molecule has 0 aromatic heterocycles. The van der Waals surface area contributed by atoms with Crippen molar-refractivity contribution in [2.45, 2.75) is 45.7 Å². The quantitative estimate of drug-likeness (QED) is 0.891. The van der Waals surface area contributed by atoms with Crippen molar-refractivity contribution < 1.29 is 0 Å². The number of hydrogen-bond donors (Lipinski definition) is 1. The van der Waals surface area contributed by atoms with Crippen molar-refractivity contribution >= 4 is 17.3 Å². The molecule has 2 rings (SSSR count). The molecular weight excluding hydrogens is 256 g/mol. The van der Waals surface area contributed by atoms with E-state index in [0.29, 0.717) is 12.1 Å². The molecule has 1 aliphatic rings. The lowest BCUT2D eigenvalue weighted by Crippen LogP contribution is -2.40. The third-order valence-electron chi connectivity index (χ3n) is 4.35. The van der Waals surface area contributed by atoms with Gasteiger partial charge in [0.15, 0.2) is 0 Å². The summed E-state index contributed by atoms with van der Waals surface area (Å²) in [6.07, 6.45) is 2.54. The van der Waals surface area contributed by atoms with E-state index in [0.717, 1.165) is 17.5 Å². The number of benzene rings is 1. The zero-order chi connectivity index (χ0) is 14.0. The van der Waals surface area contributed by atoms with Gasteiger partial charge in [0.25, 0.3) is 0 Å². The van der Waals surface area contributed by atoms with Gasteiger partial charge in [-0.3, -0.25) is 0 Å². The summed E-state index contributed by atoms with van der Waals surface area (Å²) in [6.45, 7) is 7.93. The summed E-state index contributed by atoms with van der Waals surface area (Å²) in [7, 11) is 1.96. The summed E-state index contributed by atoms with van der Waals surface area (Å²) in [5.41, 5.74) is 2.43. The molecule has 3 atom stereocenters. The Hall–Kier alpha value is -0.730. The van der Waals surface area contributed by atoms with Gasteiger partial charge >= 0.3 is 0 Å². The fourth-order valence-corrected chi connectivity index (χ4v) is 3.33. The third kappa shape index (κ3) is 3.24. The molecule has 0 bridgehead atoms. The van der Waals surface area contributed by atoms with Crippen LogP contribution in [-0.4, -0.2) is 19.6 Å². The first-order valence-corrected chi connectivity index (χ1v) is 7.64. The zero-order valence-corrected chi connectivity index (χ0v) is 13.2. The highest BCUT2D eigenvalue weighted by Crippen LogP contribution is 2.32. The van der Waals surface area contributed by atoms with Gasteiger partial charge in [0.05, 0.1) is 0 Å². The van der Waals surface area contributed by atoms with E-state index in [2.05, 4.69) is 49.2 Å². The van der Waals surface area contributed by atoms with Crippen molar-refractivity contribution in [2.75, 3.05) is 18.5 Å². The average molecular weight is 281 g/mol. The van der Waals surface area contributed by atoms with Gasteiger partial charge < -0.3 is 10.2 Å². The summed E-state index contributed by atoms with van der Waals surface area (Å²) < 4.78 is 0. The number of rotatable bonds is 3. The van der Waals surface area contributed by atoms with Crippen LogP contribution in [0.15, 0.2) is 18.2 Å². The van der Waals surface area contributed by atoms with Crippen LogP contribution in [0.5, 0.6) is 0 Å². The lowest BCUT2D eigenvalue weighted by atomic mass is 9.93. The normalized spacial score (nSPS) is 25.4. The maximum atomic E-state index is 6.43. The molecule has 1 aromatic rings. The fourth-order valence-electron chi connectivity index (χ4n) is 2.99. The van der Waals surface area contributed by atoms with E-state index >= 15 is 0 Å². The Morgan fingerprint density at radius 3 is 2.68 bits per heavy atom. The summed E-state index contributed by atoms with van der Waals surface area (Å²) in [5.74, 6) is 0.838. The standard InChI is InChI=1S/C16H25ClN2/c1-11-7-8-19(12(2)9-11)14-5-6-15(13(3)18-4)16(17)10-14/h5-6,10-13,18H,7-9H2,1-4H3. The van der Waals surface area contributed by atoms with Gasteiger partial charge in [-0.25, -0.2) is 0 Å². The van der Waals surface area contributed by atoms with Crippen molar-refractivity contribution in [3.63, 3.8) is 0 Å². The molecule has 1 aliphatic heterocycles. The molecule has 1 heterocycles. The molecule has 19 heavy (non-hydrogen) atoms. The number of halogens is 1. The van der Waals surface area contributed by atoms with Crippen LogP contribution in [0.4, 0.5) is 5.69 Å². The second kappa shape index (κ2) is 6.15. The van der Waals surface area contributed by atoms with Crippen LogP contribution in [-0.2, 0) is 0 Å². The average Bonchev–Trinajstić information content (AvgIpc) is 2.37. The molecule has 3 unspecified atom stereocenters. The second-order valence-electron chi connectivity index (χ2n) is 5.89. The first kappa shape index (κ1) is 14.7. The molecule has 0 saturated carbocycles. The van der Waals surface area contributed by atoms with E-state index < -0.39 is 0 Å². The van der Waals surface area contributed by atoms with E-state index in [-0.39, 0.29) is 0 Å². The fraction of sp³-hybridized carbons (Fsp3) is 0.625. The van der Waals surface area contributed by atoms with E-state index in [9.17, 15) is 0 Å². The predicted octanol–water partition coefficient (Wildman–Crippen LogP) is 4.25. The summed E-state index contributed by atoms with van der Waals surface area (Å²) >= 11 is 6.43. The molecule has 2 nitrogen and oxygen atoms in total. The second-order valence-corrected chi connectivity index (χ2v) is 6.30. The molecule has 1 saturated heterocycles. The predicted molar refractivity (Wildman–Crippen MR) is 84.1 cm³/mol. The lowest BCUT2D eigenvalue weighted by molar-refractivity contribution is 0.378. The maximum Gasteiger partial charge on any atom is 0.0474 e. The smallest absolute Gasteiger partial charge is 0.0474 e. The topological polar surface area (TPSA) is 15.3 Å². The SMILES string of the molecule is CNC(C)c1ccc(N2CCC(C)CC2C)cc1Cl. The van der Waals surface area contributed by atoms with Gasteiger partial charge in [0.2, 0.25) is 0 Å². The van der Waals surface area contributed by atoms with Gasteiger partial charge in [-0.1, -0.05) is 24.6 Å². The van der Waals surface area contributed by atoms with Crippen LogP contribution < -0.4 is 10.2 Å². The Kier molecular flexibility index (Phi) is 4.75. The largest absolute Gasteiger partial charge is 0.369 e. The first-order valence-electron chi connectivity index (χ1n) is 7.26. The monoisotopic (exact) mass is 280 g/mol. The Bertz CT molecular complexity index is 433. The molecule has 1 fully saturated rings. The van der Waals surface area contributed by atoms with E-state index in [1.807, 2.05) is 7.05 Å². The van der Waals surface area contributed by atoms with E-state index in [4.69, 9.17) is 11.6 Å². The molecule has 0 radical (unpaired) electrons. The molecule has 3 heteroatoms. The molecule has 106 valence electrons. The van der Waals surface area contributed by atoms with Crippen molar-refractivity contribution in [2.24, 2.45) is 5.92 Å². The molecule has 0 amide bonds. The minimum Gasteiger partial charge on any atom is -0.369 e. The van der Waals surface area contributed by atoms with Crippen LogP contribution in [0.2, 0.25) is 5.02 Å². The molecule has 1 aromatic carbocycles. The molecule has 0 spiro atoms. The third-order valence-corrected chi connectivity index (χ3v) is 4.68. The molecular formula is C16H25ClN2. The first-order chi connectivity index (χ1) is 9.02. The van der Waals surface area contributed by atoms with Gasteiger partial charge in [0, 0.05) is 29.3 Å². The van der Waals surface area contributed by atoms with Crippen molar-refractivity contribution in [1.82, 2.24) is 5.32 Å². The van der Waals surface area contributed by atoms with E-state index in [1.165, 1.54) is 24.1 Å². The van der Waals surface area contributed by atoms with Crippen LogP contribution in [0.25, 0.3) is 0 Å². The van der Waals surface area contributed by atoms with Gasteiger partial charge in [-0.2, -0.15) is 0 Å². The Labute approximate surface area is 122 Å². The van der Waals surface area contributed by atoms with Crippen LogP contribution in [0.1, 0.15) is 45.2 Å². The van der Waals surface area contributed by atoms with Gasteiger partial charge in [-0.15, -0.1) is 0 Å². The lowest BCUT2D eigenvalue weighted by Gasteiger charge is -2.38. The number of anilines is 1. The number of hydrogen-bond acceptors (Lipinski definition) is 2. The van der Waals surface area contributed by atoms with Crippen LogP contribution in [0.3, 0.4) is 0 Å². The van der Waals surface area contributed by atoms with Gasteiger partial charge in [0.1, 0.15) is 0 Å². The highest BCUT2D eigenvalue weighted by molar-refractivity contribution is 6.31. The minimum absolute atomic E-state index is 0.292. The van der Waals surface area contributed by atoms with E-state index in [1.54, 1.807) is 0 Å². The van der Waals surface area contributed by atoms with Crippen LogP contribution in [0, 0.1) is 5.92 Å². The van der Waals surface area contributed by atoms with Crippen molar-refractivity contribution in [1.29, 1.82) is 0 Å². The Morgan fingerprint density at radius 1 is 1.37 bits per heavy atom. The summed E-state index contributed by atoms with van der Waals surface area (Å²) in [5, 5.41) is 4.10. The van der Waals surface area contributed by atoms with Crippen molar-refractivity contribution in [3.05, 3.63) is 28.8 Å². The van der Waals surface area contributed by atoms with Crippen molar-refractivity contribution in [3.8, 4) is 0 Å². The number of piperidine rings is 1. The summed E-state index contributed by atoms with van der Waals surface area (Å²) in [4.78, 5) is 2.49. The highest BCUT2D eigenvalue weighted by atomic mass is 35.5. The highest BCUT2D eigenvalue weighted by Gasteiger charge is 2.23. The Morgan fingerprint density at radius 2 is 2.11 bits per heavy atom. The summed E-state index contributed by atoms with van der Waals surface area (Å²) in [6, 6.07) is 7.38. The molecule has 1 N–H and O–H groups in total. The minimum atomic E-state index is 0.292. The molecule has 0 aliphatic carbocycles. The number of nitrogens with one attached hydrogen (secondary N) is 1. The Balaban J connectivity index is 2.20. The number of nitrogens with zero attached hydrogens (tertiary/aromatic N) is 1. The zero-order valence-electron chi connectivity index (χ0n) is 12.4. The van der Waals surface area contributed by atoms with Gasteiger partial charge in [-0.05, 0) is 57.4 Å².